The van der Waals surface area contributed by atoms with E-state index >= 15 is 0 Å². The second-order valence-electron chi connectivity index (χ2n) is 11.4. The third-order valence-corrected chi connectivity index (χ3v) is 10.4. The molecule has 2 spiro atoms. The van der Waals surface area contributed by atoms with E-state index in [1.807, 2.05) is 6.92 Å². The van der Waals surface area contributed by atoms with Gasteiger partial charge in [-0.3, -0.25) is 9.69 Å². The summed E-state index contributed by atoms with van der Waals surface area (Å²) in [6.07, 6.45) is 7.39. The zero-order valence-corrected chi connectivity index (χ0v) is 16.2. The molecular formula is C22H33NO3. The number of ketones is 1. The molecule has 1 aliphatic heterocycles. The second kappa shape index (κ2) is 4.58. The van der Waals surface area contributed by atoms with Crippen molar-refractivity contribution in [1.29, 1.82) is 0 Å². The zero-order chi connectivity index (χ0) is 18.1. The van der Waals surface area contributed by atoms with Crippen LogP contribution in [0.3, 0.4) is 0 Å². The van der Waals surface area contributed by atoms with Crippen molar-refractivity contribution in [2.24, 2.45) is 39.9 Å². The number of piperidine rings is 1. The molecule has 0 radical (unpaired) electrons. The quantitative estimate of drug-likeness (QED) is 0.794. The first-order valence-electron chi connectivity index (χ1n) is 10.9. The van der Waals surface area contributed by atoms with Gasteiger partial charge in [-0.05, 0) is 73.0 Å². The largest absolute Gasteiger partial charge is 0.395 e. The standard InChI is InChI=1S/C22H33NO3/c1-19-4-3-5-22-16-9-13-8-14(18(22)23(12-19)6-7-24)21(16,11-20(13,2)26)10-15(25)17(19)22/h13-14,16-18,24,26H,3-12H2,1-2H3/t13?,14?,16?,17?,18?,19-,20+,21?,22?/m0/s1. The van der Waals surface area contributed by atoms with Gasteiger partial charge in [0.2, 0.25) is 0 Å². The predicted molar refractivity (Wildman–Crippen MR) is 97.3 cm³/mol. The molecule has 26 heavy (non-hydrogen) atoms. The Labute approximate surface area is 156 Å². The molecule has 6 bridgehead atoms. The zero-order valence-electron chi connectivity index (χ0n) is 16.2. The van der Waals surface area contributed by atoms with E-state index in [4.69, 9.17) is 0 Å². The Bertz CT molecular complexity index is 691. The highest BCUT2D eigenvalue weighted by Gasteiger charge is 2.82. The van der Waals surface area contributed by atoms with Crippen molar-refractivity contribution in [3.63, 3.8) is 0 Å². The summed E-state index contributed by atoms with van der Waals surface area (Å²) >= 11 is 0. The maximum absolute atomic E-state index is 13.6. The van der Waals surface area contributed by atoms with E-state index < -0.39 is 5.60 Å². The van der Waals surface area contributed by atoms with Crippen LogP contribution in [0.1, 0.15) is 58.8 Å². The molecule has 6 aliphatic carbocycles. The molecule has 0 aromatic rings. The number of hydrogen-bond acceptors (Lipinski definition) is 4. The first-order chi connectivity index (χ1) is 12.3. The molecule has 7 unspecified atom stereocenters. The van der Waals surface area contributed by atoms with Crippen LogP contribution in [-0.2, 0) is 4.79 Å². The molecule has 7 rings (SSSR count). The van der Waals surface area contributed by atoms with Gasteiger partial charge in [-0.2, -0.15) is 0 Å². The summed E-state index contributed by atoms with van der Waals surface area (Å²) in [5, 5.41) is 20.9. The Morgan fingerprint density at radius 1 is 1.23 bits per heavy atom. The highest BCUT2D eigenvalue weighted by Crippen LogP contribution is 2.82. The summed E-state index contributed by atoms with van der Waals surface area (Å²) in [4.78, 5) is 16.2. The summed E-state index contributed by atoms with van der Waals surface area (Å²) in [5.41, 5.74) is -0.343. The fraction of sp³-hybridized carbons (Fsp3) is 0.955. The Balaban J connectivity index is 1.59. The molecule has 2 N–H and O–H groups in total. The van der Waals surface area contributed by atoms with Crippen LogP contribution in [0.15, 0.2) is 0 Å². The van der Waals surface area contributed by atoms with Gasteiger partial charge in [-0.1, -0.05) is 13.3 Å². The van der Waals surface area contributed by atoms with E-state index in [0.717, 1.165) is 45.2 Å². The number of likely N-dealkylation sites (tertiary alicyclic amines) is 1. The van der Waals surface area contributed by atoms with Crippen LogP contribution in [0.4, 0.5) is 0 Å². The van der Waals surface area contributed by atoms with Gasteiger partial charge in [-0.15, -0.1) is 0 Å². The van der Waals surface area contributed by atoms with E-state index in [-0.39, 0.29) is 28.8 Å². The number of nitrogens with zero attached hydrogens (tertiary/aromatic N) is 1. The molecule has 4 nitrogen and oxygen atoms in total. The minimum Gasteiger partial charge on any atom is -0.395 e. The fourth-order valence-corrected chi connectivity index (χ4v) is 10.3. The normalized spacial score (nSPS) is 62.6. The topological polar surface area (TPSA) is 60.8 Å². The third-order valence-electron chi connectivity index (χ3n) is 10.4. The SMILES string of the molecule is C[C@@]12CCCC34C(C5CC6CC3C5(CC(=O)C41)C[C@@]6(C)O)N(CCO)C2. The lowest BCUT2D eigenvalue weighted by molar-refractivity contribution is -0.211. The van der Waals surface area contributed by atoms with E-state index in [1.54, 1.807) is 0 Å². The first-order valence-corrected chi connectivity index (χ1v) is 10.9. The monoisotopic (exact) mass is 359 g/mol. The van der Waals surface area contributed by atoms with Gasteiger partial charge in [0.15, 0.2) is 0 Å². The molecule has 0 aromatic heterocycles. The molecule has 144 valence electrons. The lowest BCUT2D eigenvalue weighted by Crippen LogP contribution is -2.69. The van der Waals surface area contributed by atoms with Gasteiger partial charge in [0.25, 0.3) is 0 Å². The van der Waals surface area contributed by atoms with Crippen LogP contribution in [-0.4, -0.2) is 52.2 Å². The number of aliphatic hydroxyl groups is 2. The van der Waals surface area contributed by atoms with Crippen molar-refractivity contribution >= 4 is 5.78 Å². The van der Waals surface area contributed by atoms with Gasteiger partial charge in [0.1, 0.15) is 5.78 Å². The molecule has 7 fully saturated rings. The number of hydrogen-bond donors (Lipinski definition) is 2. The summed E-state index contributed by atoms with van der Waals surface area (Å²) in [6, 6.07) is 0.463. The van der Waals surface area contributed by atoms with Crippen molar-refractivity contribution < 1.29 is 15.0 Å². The van der Waals surface area contributed by atoms with Crippen LogP contribution in [0.25, 0.3) is 0 Å². The second-order valence-corrected chi connectivity index (χ2v) is 11.4. The van der Waals surface area contributed by atoms with E-state index in [0.29, 0.717) is 29.6 Å². The Morgan fingerprint density at radius 2 is 2.04 bits per heavy atom. The average Bonchev–Trinajstić information content (AvgIpc) is 2.64. The summed E-state index contributed by atoms with van der Waals surface area (Å²) in [5.74, 6) is 2.32. The minimum absolute atomic E-state index is 0.0345. The van der Waals surface area contributed by atoms with Gasteiger partial charge < -0.3 is 10.2 Å². The molecule has 4 heteroatoms. The highest BCUT2D eigenvalue weighted by molar-refractivity contribution is 5.86. The molecule has 7 aliphatic rings. The van der Waals surface area contributed by atoms with Crippen LogP contribution >= 0.6 is 0 Å². The van der Waals surface area contributed by atoms with Gasteiger partial charge in [0.05, 0.1) is 12.2 Å². The average molecular weight is 360 g/mol. The van der Waals surface area contributed by atoms with E-state index in [2.05, 4.69) is 11.8 Å². The lowest BCUT2D eigenvalue weighted by atomic mass is 9.38. The lowest BCUT2D eigenvalue weighted by Gasteiger charge is -2.67. The van der Waals surface area contributed by atoms with Crippen LogP contribution in [0, 0.1) is 39.9 Å². The summed E-state index contributed by atoms with van der Waals surface area (Å²) in [6.45, 7) is 6.35. The molecule has 0 amide bonds. The van der Waals surface area contributed by atoms with Gasteiger partial charge in [-0.25, -0.2) is 0 Å². The van der Waals surface area contributed by atoms with Gasteiger partial charge in [0, 0.05) is 31.5 Å². The third kappa shape index (κ3) is 1.53. The van der Waals surface area contributed by atoms with Crippen molar-refractivity contribution in [3.05, 3.63) is 0 Å². The molecule has 0 aromatic carbocycles. The summed E-state index contributed by atoms with van der Waals surface area (Å²) < 4.78 is 0. The predicted octanol–water partition coefficient (Wildman–Crippen LogP) is 2.23. The molecule has 1 heterocycles. The van der Waals surface area contributed by atoms with Crippen molar-refractivity contribution in [2.45, 2.75) is 70.4 Å². The Hall–Kier alpha value is -0.450. The Kier molecular flexibility index (Phi) is 2.90. The number of carbonyl (C=O) groups is 1. The number of β-amino-alcohol motifs (C(OH)–C–C–N with tert-alkyl or cyclic N) is 1. The van der Waals surface area contributed by atoms with Gasteiger partial charge >= 0.3 is 0 Å². The molecular weight excluding hydrogens is 326 g/mol. The molecule has 6 saturated carbocycles. The maximum Gasteiger partial charge on any atom is 0.137 e. The maximum atomic E-state index is 13.6. The van der Waals surface area contributed by atoms with Crippen LogP contribution in [0.5, 0.6) is 0 Å². The fourth-order valence-electron chi connectivity index (χ4n) is 10.3. The van der Waals surface area contributed by atoms with Crippen molar-refractivity contribution in [3.8, 4) is 0 Å². The van der Waals surface area contributed by atoms with E-state index in [1.165, 1.54) is 12.8 Å². The molecule has 9 atom stereocenters. The molecule has 1 saturated heterocycles. The number of Topliss-reactive ketones (excluding diaryl/α,β-unsaturated/α-hetero) is 1. The first kappa shape index (κ1) is 16.5. The Morgan fingerprint density at radius 3 is 2.81 bits per heavy atom. The number of rotatable bonds is 2. The summed E-state index contributed by atoms with van der Waals surface area (Å²) in [7, 11) is 0. The minimum atomic E-state index is -0.593. The van der Waals surface area contributed by atoms with Crippen LogP contribution in [0.2, 0.25) is 0 Å². The highest BCUT2D eigenvalue weighted by atomic mass is 16.3. The number of fused-ring (bicyclic) bond motifs is 1. The van der Waals surface area contributed by atoms with Crippen molar-refractivity contribution in [2.75, 3.05) is 19.7 Å². The number of aliphatic hydroxyl groups excluding tert-OH is 1. The smallest absolute Gasteiger partial charge is 0.137 e. The number of carbonyl (C=O) groups excluding carboxylic acids is 1. The van der Waals surface area contributed by atoms with Crippen LogP contribution < -0.4 is 0 Å². The van der Waals surface area contributed by atoms with Crippen molar-refractivity contribution in [1.82, 2.24) is 4.90 Å². The van der Waals surface area contributed by atoms with E-state index in [9.17, 15) is 15.0 Å².